The molecule has 1 amide bonds. The third kappa shape index (κ3) is 5.01. The monoisotopic (exact) mass is 386 g/mol. The Morgan fingerprint density at radius 2 is 1.76 bits per heavy atom. The first-order chi connectivity index (χ1) is 12.1. The van der Waals surface area contributed by atoms with Crippen LogP contribution in [0.5, 0.6) is 0 Å². The van der Waals surface area contributed by atoms with Gasteiger partial charge >= 0.3 is 0 Å². The highest BCUT2D eigenvalue weighted by Gasteiger charge is 2.32. The van der Waals surface area contributed by atoms with Crippen molar-refractivity contribution in [1.82, 2.24) is 18.8 Å². The van der Waals surface area contributed by atoms with Crippen molar-refractivity contribution < 1.29 is 13.2 Å². The van der Waals surface area contributed by atoms with Crippen molar-refractivity contribution >= 4 is 27.5 Å². The van der Waals surface area contributed by atoms with Crippen molar-refractivity contribution in [2.75, 3.05) is 45.8 Å². The number of nitrogens with one attached hydrogen (secondary N) is 1. The summed E-state index contributed by atoms with van der Waals surface area (Å²) in [6.45, 7) is 4.48. The molecule has 140 valence electrons. The van der Waals surface area contributed by atoms with Gasteiger partial charge in [-0.2, -0.15) is 17.0 Å². The zero-order chi connectivity index (χ0) is 17.7. The molecule has 1 N–H and O–H groups in total. The Kier molecular flexibility index (Phi) is 6.45. The topological polar surface area (TPSA) is 73.0 Å². The van der Waals surface area contributed by atoms with E-state index in [0.29, 0.717) is 45.8 Å². The van der Waals surface area contributed by atoms with E-state index >= 15 is 0 Å². The van der Waals surface area contributed by atoms with Gasteiger partial charge in [0.05, 0.1) is 13.1 Å². The van der Waals surface area contributed by atoms with Crippen LogP contribution < -0.4 is 5.32 Å². The maximum absolute atomic E-state index is 12.7. The van der Waals surface area contributed by atoms with Gasteiger partial charge in [0.15, 0.2) is 0 Å². The molecule has 0 aromatic carbocycles. The van der Waals surface area contributed by atoms with E-state index in [1.54, 1.807) is 19.9 Å². The van der Waals surface area contributed by atoms with Crippen LogP contribution in [0.4, 0.5) is 0 Å². The van der Waals surface area contributed by atoms with Crippen LogP contribution in [-0.4, -0.2) is 73.6 Å². The number of rotatable bonds is 6. The molecule has 3 heterocycles. The van der Waals surface area contributed by atoms with Gasteiger partial charge in [0, 0.05) is 37.6 Å². The molecule has 1 aromatic heterocycles. The molecular weight excluding hydrogens is 360 g/mol. The average molecular weight is 387 g/mol. The van der Waals surface area contributed by atoms with E-state index < -0.39 is 10.2 Å². The van der Waals surface area contributed by atoms with Gasteiger partial charge in [0.1, 0.15) is 0 Å². The highest BCUT2D eigenvalue weighted by Crippen LogP contribution is 2.18. The average Bonchev–Trinajstić information content (AvgIpc) is 3.25. The Balaban J connectivity index is 1.47. The second-order valence-corrected chi connectivity index (χ2v) is 9.46. The SMILES string of the molecule is O=C(CN1CCCN(S(=O)(=O)N2CCCC2)CC1)NCc1cccs1. The molecule has 0 aliphatic carbocycles. The summed E-state index contributed by atoms with van der Waals surface area (Å²) < 4.78 is 28.5. The Labute approximate surface area is 153 Å². The van der Waals surface area contributed by atoms with E-state index in [1.807, 2.05) is 22.4 Å². The van der Waals surface area contributed by atoms with Gasteiger partial charge in [-0.1, -0.05) is 6.07 Å². The van der Waals surface area contributed by atoms with E-state index in [-0.39, 0.29) is 5.91 Å². The highest BCUT2D eigenvalue weighted by molar-refractivity contribution is 7.86. The van der Waals surface area contributed by atoms with Gasteiger partial charge in [0.2, 0.25) is 5.91 Å². The van der Waals surface area contributed by atoms with Gasteiger partial charge < -0.3 is 5.32 Å². The number of carbonyl (C=O) groups excluding carboxylic acids is 1. The second-order valence-electron chi connectivity index (χ2n) is 6.50. The summed E-state index contributed by atoms with van der Waals surface area (Å²) in [7, 11) is -3.34. The van der Waals surface area contributed by atoms with Crippen molar-refractivity contribution in [3.63, 3.8) is 0 Å². The molecular formula is C16H26N4O3S2. The van der Waals surface area contributed by atoms with Crippen LogP contribution in [0.25, 0.3) is 0 Å². The van der Waals surface area contributed by atoms with Crippen LogP contribution in [0.2, 0.25) is 0 Å². The number of hydrogen-bond donors (Lipinski definition) is 1. The van der Waals surface area contributed by atoms with Crippen LogP contribution in [0.3, 0.4) is 0 Å². The van der Waals surface area contributed by atoms with E-state index in [0.717, 1.165) is 30.7 Å². The van der Waals surface area contributed by atoms with Crippen LogP contribution in [0, 0.1) is 0 Å². The summed E-state index contributed by atoms with van der Waals surface area (Å²) in [5.41, 5.74) is 0. The van der Waals surface area contributed by atoms with Crippen LogP contribution in [0.15, 0.2) is 17.5 Å². The summed E-state index contributed by atoms with van der Waals surface area (Å²) in [6, 6.07) is 3.97. The lowest BCUT2D eigenvalue weighted by Crippen LogP contribution is -2.44. The van der Waals surface area contributed by atoms with Crippen molar-refractivity contribution in [1.29, 1.82) is 0 Å². The molecule has 0 bridgehead atoms. The Bertz CT molecular complexity index is 657. The fraction of sp³-hybridized carbons (Fsp3) is 0.688. The first-order valence-electron chi connectivity index (χ1n) is 8.82. The van der Waals surface area contributed by atoms with Gasteiger partial charge in [-0.15, -0.1) is 11.3 Å². The minimum absolute atomic E-state index is 0.00995. The Morgan fingerprint density at radius 3 is 2.48 bits per heavy atom. The van der Waals surface area contributed by atoms with Crippen molar-refractivity contribution in [2.24, 2.45) is 0 Å². The maximum Gasteiger partial charge on any atom is 0.282 e. The lowest BCUT2D eigenvalue weighted by Gasteiger charge is -2.26. The quantitative estimate of drug-likeness (QED) is 0.782. The predicted molar refractivity (Wildman–Crippen MR) is 98.5 cm³/mol. The summed E-state index contributed by atoms with van der Waals surface area (Å²) in [6.07, 6.45) is 2.65. The molecule has 0 radical (unpaired) electrons. The van der Waals surface area contributed by atoms with Crippen LogP contribution >= 0.6 is 11.3 Å². The van der Waals surface area contributed by atoms with Gasteiger partial charge in [-0.25, -0.2) is 0 Å². The molecule has 2 fully saturated rings. The zero-order valence-electron chi connectivity index (χ0n) is 14.4. The largest absolute Gasteiger partial charge is 0.350 e. The molecule has 0 spiro atoms. The fourth-order valence-corrected chi connectivity index (χ4v) is 5.64. The fourth-order valence-electron chi connectivity index (χ4n) is 3.28. The summed E-state index contributed by atoms with van der Waals surface area (Å²) in [5, 5.41) is 4.92. The predicted octanol–water partition coefficient (Wildman–Crippen LogP) is 0.713. The number of nitrogens with zero attached hydrogens (tertiary/aromatic N) is 3. The van der Waals surface area contributed by atoms with E-state index in [1.165, 1.54) is 0 Å². The molecule has 3 rings (SSSR count). The van der Waals surface area contributed by atoms with Crippen LogP contribution in [-0.2, 0) is 21.5 Å². The minimum atomic E-state index is -3.34. The first kappa shape index (κ1) is 18.8. The molecule has 0 saturated carbocycles. The number of amides is 1. The number of thiophene rings is 1. The highest BCUT2D eigenvalue weighted by atomic mass is 32.2. The van der Waals surface area contributed by atoms with Crippen molar-refractivity contribution in [3.8, 4) is 0 Å². The molecule has 2 saturated heterocycles. The molecule has 2 aliphatic rings. The molecule has 0 unspecified atom stereocenters. The van der Waals surface area contributed by atoms with E-state index in [9.17, 15) is 13.2 Å². The Morgan fingerprint density at radius 1 is 1.04 bits per heavy atom. The lowest BCUT2D eigenvalue weighted by atomic mass is 10.3. The maximum atomic E-state index is 12.7. The normalized spacial score (nSPS) is 21.3. The van der Waals surface area contributed by atoms with E-state index in [2.05, 4.69) is 5.32 Å². The first-order valence-corrected chi connectivity index (χ1v) is 11.1. The Hall–Kier alpha value is -1.000. The smallest absolute Gasteiger partial charge is 0.282 e. The third-order valence-corrected chi connectivity index (χ3v) is 7.58. The molecule has 7 nitrogen and oxygen atoms in total. The molecule has 1 aromatic rings. The lowest BCUT2D eigenvalue weighted by molar-refractivity contribution is -0.122. The number of hydrogen-bond acceptors (Lipinski definition) is 5. The molecule has 0 atom stereocenters. The molecule has 2 aliphatic heterocycles. The zero-order valence-corrected chi connectivity index (χ0v) is 16.0. The molecule has 9 heteroatoms. The van der Waals surface area contributed by atoms with E-state index in [4.69, 9.17) is 0 Å². The van der Waals surface area contributed by atoms with Crippen molar-refractivity contribution in [2.45, 2.75) is 25.8 Å². The van der Waals surface area contributed by atoms with Crippen LogP contribution in [0.1, 0.15) is 24.1 Å². The minimum Gasteiger partial charge on any atom is -0.350 e. The van der Waals surface area contributed by atoms with Gasteiger partial charge in [-0.3, -0.25) is 9.69 Å². The third-order valence-electron chi connectivity index (χ3n) is 4.67. The standard InChI is InChI=1S/C16H26N4O3S2/c21-16(17-13-15-5-3-12-24-15)14-18-6-4-9-20(11-10-18)25(22,23)19-7-1-2-8-19/h3,5,12H,1-2,4,6-11,13-14H2,(H,17,21). The van der Waals surface area contributed by atoms with Crippen molar-refractivity contribution in [3.05, 3.63) is 22.4 Å². The number of carbonyl (C=O) groups is 1. The summed E-state index contributed by atoms with van der Waals surface area (Å²) >= 11 is 1.62. The summed E-state index contributed by atoms with van der Waals surface area (Å²) in [5.74, 6) is -0.00995. The second kappa shape index (κ2) is 8.59. The summed E-state index contributed by atoms with van der Waals surface area (Å²) in [4.78, 5) is 15.3. The van der Waals surface area contributed by atoms with Gasteiger partial charge in [0.25, 0.3) is 10.2 Å². The van der Waals surface area contributed by atoms with Gasteiger partial charge in [-0.05, 0) is 37.3 Å². The molecule has 25 heavy (non-hydrogen) atoms.